The van der Waals surface area contributed by atoms with Crippen LogP contribution in [0.5, 0.6) is 0 Å². The molecule has 1 atom stereocenters. The molecule has 0 saturated heterocycles. The lowest BCUT2D eigenvalue weighted by Crippen LogP contribution is -2.18. The zero-order valence-corrected chi connectivity index (χ0v) is 12.5. The van der Waals surface area contributed by atoms with Crippen LogP contribution in [-0.2, 0) is 19.4 Å². The van der Waals surface area contributed by atoms with Crippen molar-refractivity contribution in [3.05, 3.63) is 70.7 Å². The predicted molar refractivity (Wildman–Crippen MR) is 85.1 cm³/mol. The highest BCUT2D eigenvalue weighted by Crippen LogP contribution is 2.16. The Hall–Kier alpha value is -1.98. The average Bonchev–Trinajstić information content (AvgIpc) is 3.17. The van der Waals surface area contributed by atoms with Crippen molar-refractivity contribution in [2.75, 3.05) is 0 Å². The third-order valence-electron chi connectivity index (χ3n) is 3.47. The van der Waals surface area contributed by atoms with Crippen LogP contribution >= 0.6 is 11.3 Å². The molecule has 0 aliphatic heterocycles. The monoisotopic (exact) mass is 298 g/mol. The molecular formula is C16H18N4S. The van der Waals surface area contributed by atoms with Gasteiger partial charge in [-0.1, -0.05) is 30.3 Å². The SMILES string of the molecule is N[C@H](Cc1ccccc1)c1cncn1CCc1nccs1. The second-order valence-electron chi connectivity index (χ2n) is 4.98. The number of hydrogen-bond acceptors (Lipinski definition) is 4. The number of aryl methyl sites for hydroxylation is 2. The molecule has 0 radical (unpaired) electrons. The van der Waals surface area contributed by atoms with Crippen molar-refractivity contribution < 1.29 is 0 Å². The number of rotatable bonds is 6. The Bertz CT molecular complexity index is 661. The van der Waals surface area contributed by atoms with E-state index in [0.717, 1.165) is 30.1 Å². The van der Waals surface area contributed by atoms with E-state index in [0.29, 0.717) is 0 Å². The summed E-state index contributed by atoms with van der Waals surface area (Å²) in [7, 11) is 0. The number of thiazole rings is 1. The molecule has 0 spiro atoms. The molecule has 0 unspecified atom stereocenters. The zero-order chi connectivity index (χ0) is 14.5. The molecule has 0 aliphatic rings. The summed E-state index contributed by atoms with van der Waals surface area (Å²) in [4.78, 5) is 8.56. The van der Waals surface area contributed by atoms with E-state index < -0.39 is 0 Å². The first-order valence-electron chi connectivity index (χ1n) is 7.01. The van der Waals surface area contributed by atoms with E-state index in [4.69, 9.17) is 5.73 Å². The first-order chi connectivity index (χ1) is 10.3. The molecule has 4 nitrogen and oxygen atoms in total. The van der Waals surface area contributed by atoms with Crippen LogP contribution in [0.25, 0.3) is 0 Å². The van der Waals surface area contributed by atoms with E-state index in [1.165, 1.54) is 5.56 Å². The molecule has 21 heavy (non-hydrogen) atoms. The maximum atomic E-state index is 6.35. The van der Waals surface area contributed by atoms with Crippen LogP contribution in [0.3, 0.4) is 0 Å². The summed E-state index contributed by atoms with van der Waals surface area (Å²) in [6.07, 6.45) is 7.31. The zero-order valence-electron chi connectivity index (χ0n) is 11.7. The molecule has 2 aromatic heterocycles. The number of nitrogens with two attached hydrogens (primary N) is 1. The van der Waals surface area contributed by atoms with Gasteiger partial charge in [-0.2, -0.15) is 0 Å². The van der Waals surface area contributed by atoms with Gasteiger partial charge in [-0.25, -0.2) is 9.97 Å². The molecule has 0 amide bonds. The van der Waals surface area contributed by atoms with E-state index in [9.17, 15) is 0 Å². The maximum absolute atomic E-state index is 6.35. The summed E-state index contributed by atoms with van der Waals surface area (Å²) in [6.45, 7) is 0.866. The maximum Gasteiger partial charge on any atom is 0.0948 e. The minimum Gasteiger partial charge on any atom is -0.333 e. The highest BCUT2D eigenvalue weighted by Gasteiger charge is 2.12. The van der Waals surface area contributed by atoms with Gasteiger partial charge in [0.25, 0.3) is 0 Å². The fourth-order valence-corrected chi connectivity index (χ4v) is 3.00. The molecule has 3 aromatic rings. The van der Waals surface area contributed by atoms with E-state index in [1.807, 2.05) is 42.3 Å². The van der Waals surface area contributed by atoms with Crippen LogP contribution in [0.15, 0.2) is 54.4 Å². The van der Waals surface area contributed by atoms with Gasteiger partial charge < -0.3 is 10.3 Å². The largest absolute Gasteiger partial charge is 0.333 e. The molecule has 0 fully saturated rings. The number of hydrogen-bond donors (Lipinski definition) is 1. The lowest BCUT2D eigenvalue weighted by molar-refractivity contribution is 0.596. The van der Waals surface area contributed by atoms with E-state index >= 15 is 0 Å². The Morgan fingerprint density at radius 1 is 1.24 bits per heavy atom. The van der Waals surface area contributed by atoms with Crippen LogP contribution in [0.2, 0.25) is 0 Å². The van der Waals surface area contributed by atoms with Gasteiger partial charge in [-0.3, -0.25) is 0 Å². The molecule has 3 rings (SSSR count). The molecule has 0 bridgehead atoms. The van der Waals surface area contributed by atoms with E-state index in [2.05, 4.69) is 26.7 Å². The number of benzene rings is 1. The van der Waals surface area contributed by atoms with Crippen molar-refractivity contribution >= 4 is 11.3 Å². The smallest absolute Gasteiger partial charge is 0.0948 e. The Balaban J connectivity index is 1.66. The van der Waals surface area contributed by atoms with Crippen molar-refractivity contribution in [2.45, 2.75) is 25.4 Å². The minimum atomic E-state index is -0.0359. The fraction of sp³-hybridized carbons (Fsp3) is 0.250. The second kappa shape index (κ2) is 6.65. The summed E-state index contributed by atoms with van der Waals surface area (Å²) < 4.78 is 2.13. The first kappa shape index (κ1) is 14.0. The summed E-state index contributed by atoms with van der Waals surface area (Å²) in [5.41, 5.74) is 8.67. The van der Waals surface area contributed by atoms with Crippen LogP contribution in [-0.4, -0.2) is 14.5 Å². The lowest BCUT2D eigenvalue weighted by Gasteiger charge is -2.14. The van der Waals surface area contributed by atoms with Crippen LogP contribution < -0.4 is 5.73 Å². The predicted octanol–water partition coefficient (Wildman–Crippen LogP) is 2.82. The van der Waals surface area contributed by atoms with Gasteiger partial charge in [0.2, 0.25) is 0 Å². The molecular weight excluding hydrogens is 280 g/mol. The minimum absolute atomic E-state index is 0.0359. The number of imidazole rings is 1. The highest BCUT2D eigenvalue weighted by molar-refractivity contribution is 7.09. The standard InChI is InChI=1S/C16H18N4S/c17-14(10-13-4-2-1-3-5-13)15-11-18-12-20(15)8-6-16-19-7-9-21-16/h1-5,7,9,11-12,14H,6,8,10,17H2/t14-/m1/s1. The summed E-state index contributed by atoms with van der Waals surface area (Å²) in [5.74, 6) is 0. The van der Waals surface area contributed by atoms with Crippen molar-refractivity contribution in [1.82, 2.24) is 14.5 Å². The lowest BCUT2D eigenvalue weighted by atomic mass is 10.0. The molecule has 108 valence electrons. The molecule has 0 saturated carbocycles. The summed E-state index contributed by atoms with van der Waals surface area (Å²) in [6, 6.07) is 10.3. The molecule has 1 aromatic carbocycles. The fourth-order valence-electron chi connectivity index (χ4n) is 2.39. The normalized spacial score (nSPS) is 12.4. The van der Waals surface area contributed by atoms with Crippen molar-refractivity contribution in [1.29, 1.82) is 0 Å². The highest BCUT2D eigenvalue weighted by atomic mass is 32.1. The molecule has 5 heteroatoms. The average molecular weight is 298 g/mol. The van der Waals surface area contributed by atoms with Crippen LogP contribution in [0.1, 0.15) is 22.3 Å². The van der Waals surface area contributed by atoms with Crippen LogP contribution in [0.4, 0.5) is 0 Å². The van der Waals surface area contributed by atoms with Gasteiger partial charge in [0.1, 0.15) is 0 Å². The Kier molecular flexibility index (Phi) is 4.43. The van der Waals surface area contributed by atoms with Crippen molar-refractivity contribution in [2.24, 2.45) is 5.73 Å². The number of aromatic nitrogens is 3. The summed E-state index contributed by atoms with van der Waals surface area (Å²) in [5, 5.41) is 3.15. The van der Waals surface area contributed by atoms with Gasteiger partial charge in [0.05, 0.1) is 23.1 Å². The Morgan fingerprint density at radius 3 is 2.86 bits per heavy atom. The van der Waals surface area contributed by atoms with Crippen LogP contribution in [0, 0.1) is 0 Å². The Morgan fingerprint density at radius 2 is 2.10 bits per heavy atom. The molecule has 2 heterocycles. The topological polar surface area (TPSA) is 56.7 Å². The first-order valence-corrected chi connectivity index (χ1v) is 7.89. The third kappa shape index (κ3) is 3.56. The Labute approximate surface area is 128 Å². The van der Waals surface area contributed by atoms with E-state index in [-0.39, 0.29) is 6.04 Å². The number of nitrogens with zero attached hydrogens (tertiary/aromatic N) is 3. The molecule has 2 N–H and O–H groups in total. The van der Waals surface area contributed by atoms with Gasteiger partial charge >= 0.3 is 0 Å². The van der Waals surface area contributed by atoms with Gasteiger partial charge in [-0.05, 0) is 12.0 Å². The molecule has 0 aliphatic carbocycles. The van der Waals surface area contributed by atoms with Crippen molar-refractivity contribution in [3.63, 3.8) is 0 Å². The summed E-state index contributed by atoms with van der Waals surface area (Å²) >= 11 is 1.69. The van der Waals surface area contributed by atoms with Crippen molar-refractivity contribution in [3.8, 4) is 0 Å². The quantitative estimate of drug-likeness (QED) is 0.761. The van der Waals surface area contributed by atoms with E-state index in [1.54, 1.807) is 11.3 Å². The van der Waals surface area contributed by atoms with Gasteiger partial charge in [0, 0.05) is 30.7 Å². The van der Waals surface area contributed by atoms with Gasteiger partial charge in [-0.15, -0.1) is 11.3 Å². The second-order valence-corrected chi connectivity index (χ2v) is 5.96. The van der Waals surface area contributed by atoms with Gasteiger partial charge in [0.15, 0.2) is 0 Å². The third-order valence-corrected chi connectivity index (χ3v) is 4.31.